The molecule has 0 saturated heterocycles. The van der Waals surface area contributed by atoms with Crippen molar-refractivity contribution >= 4 is 44.6 Å². The van der Waals surface area contributed by atoms with E-state index in [2.05, 4.69) is 10.0 Å². The molecule has 0 radical (unpaired) electrons. The van der Waals surface area contributed by atoms with Gasteiger partial charge in [0.05, 0.1) is 12.2 Å². The Labute approximate surface area is 172 Å². The zero-order chi connectivity index (χ0) is 20.9. The third kappa shape index (κ3) is 5.21. The molecule has 1 amide bonds. The highest BCUT2D eigenvalue weighted by molar-refractivity contribution is 7.94. The Morgan fingerprint density at radius 2 is 1.72 bits per heavy atom. The summed E-state index contributed by atoms with van der Waals surface area (Å²) in [6.45, 7) is 1.98. The number of esters is 1. The first-order valence-electron chi connectivity index (χ1n) is 8.64. The van der Waals surface area contributed by atoms with Crippen molar-refractivity contribution < 1.29 is 22.7 Å². The maximum atomic E-state index is 12.4. The molecular formula is C20H18N2O5S2. The van der Waals surface area contributed by atoms with Gasteiger partial charge in [-0.15, -0.1) is 11.3 Å². The predicted octanol–water partition coefficient (Wildman–Crippen LogP) is 3.98. The third-order valence-electron chi connectivity index (χ3n) is 3.79. The van der Waals surface area contributed by atoms with Crippen molar-refractivity contribution in [1.29, 1.82) is 0 Å². The summed E-state index contributed by atoms with van der Waals surface area (Å²) in [5.41, 5.74) is 1.47. The van der Waals surface area contributed by atoms with Gasteiger partial charge in [-0.3, -0.25) is 9.52 Å². The normalized spacial score (nSPS) is 10.9. The van der Waals surface area contributed by atoms with Crippen LogP contribution in [0.4, 0.5) is 11.4 Å². The number of anilines is 2. The molecule has 9 heteroatoms. The van der Waals surface area contributed by atoms with Gasteiger partial charge < -0.3 is 10.1 Å². The number of sulfonamides is 1. The Morgan fingerprint density at radius 1 is 0.966 bits per heavy atom. The Morgan fingerprint density at radius 3 is 2.38 bits per heavy atom. The van der Waals surface area contributed by atoms with E-state index in [0.717, 1.165) is 11.3 Å². The first-order chi connectivity index (χ1) is 13.9. The second-order valence-electron chi connectivity index (χ2n) is 5.87. The van der Waals surface area contributed by atoms with Gasteiger partial charge in [-0.25, -0.2) is 13.2 Å². The molecule has 3 aromatic rings. The molecule has 0 atom stereocenters. The highest BCUT2D eigenvalue weighted by Crippen LogP contribution is 2.21. The summed E-state index contributed by atoms with van der Waals surface area (Å²) in [6.07, 6.45) is 0. The van der Waals surface area contributed by atoms with Crippen LogP contribution in [0.15, 0.2) is 70.3 Å². The molecule has 29 heavy (non-hydrogen) atoms. The van der Waals surface area contributed by atoms with Crippen LogP contribution in [0.5, 0.6) is 0 Å². The first kappa shape index (κ1) is 20.6. The van der Waals surface area contributed by atoms with Crippen LogP contribution >= 0.6 is 11.3 Å². The van der Waals surface area contributed by atoms with E-state index in [1.165, 1.54) is 36.4 Å². The smallest absolute Gasteiger partial charge is 0.338 e. The van der Waals surface area contributed by atoms with Crippen molar-refractivity contribution in [3.8, 4) is 0 Å². The van der Waals surface area contributed by atoms with Gasteiger partial charge >= 0.3 is 5.97 Å². The summed E-state index contributed by atoms with van der Waals surface area (Å²) in [4.78, 5) is 24.2. The van der Waals surface area contributed by atoms with E-state index in [1.54, 1.807) is 36.6 Å². The van der Waals surface area contributed by atoms with Gasteiger partial charge in [0, 0.05) is 16.9 Å². The fourth-order valence-electron chi connectivity index (χ4n) is 2.45. The van der Waals surface area contributed by atoms with Gasteiger partial charge in [-0.05, 0) is 60.8 Å². The summed E-state index contributed by atoms with van der Waals surface area (Å²) in [6, 6.07) is 15.6. The monoisotopic (exact) mass is 430 g/mol. The maximum absolute atomic E-state index is 12.4. The molecule has 0 spiro atoms. The second-order valence-corrected chi connectivity index (χ2v) is 8.73. The molecule has 3 rings (SSSR count). The van der Waals surface area contributed by atoms with E-state index in [4.69, 9.17) is 4.74 Å². The zero-order valence-electron chi connectivity index (χ0n) is 15.4. The summed E-state index contributed by atoms with van der Waals surface area (Å²) in [5, 5.41) is 4.38. The van der Waals surface area contributed by atoms with Crippen LogP contribution < -0.4 is 10.0 Å². The van der Waals surface area contributed by atoms with Crippen molar-refractivity contribution in [1.82, 2.24) is 0 Å². The Hall–Kier alpha value is -3.17. The minimum atomic E-state index is -3.65. The zero-order valence-corrected chi connectivity index (χ0v) is 17.0. The molecule has 0 aliphatic rings. The topological polar surface area (TPSA) is 102 Å². The summed E-state index contributed by atoms with van der Waals surface area (Å²) < 4.78 is 32.1. The SMILES string of the molecule is CCOC(=O)c1cccc(NC(=O)c2ccc(NS(=O)(=O)c3cccs3)cc2)c1. The predicted molar refractivity (Wildman–Crippen MR) is 112 cm³/mol. The van der Waals surface area contributed by atoms with E-state index >= 15 is 0 Å². The quantitative estimate of drug-likeness (QED) is 0.552. The van der Waals surface area contributed by atoms with Gasteiger partial charge in [0.25, 0.3) is 15.9 Å². The van der Waals surface area contributed by atoms with E-state index in [0.29, 0.717) is 22.5 Å². The van der Waals surface area contributed by atoms with Crippen molar-refractivity contribution in [2.24, 2.45) is 0 Å². The number of rotatable bonds is 7. The van der Waals surface area contributed by atoms with Crippen LogP contribution in [-0.4, -0.2) is 26.9 Å². The number of carbonyl (C=O) groups excluding carboxylic acids is 2. The fourth-order valence-corrected chi connectivity index (χ4v) is 4.50. The molecule has 150 valence electrons. The van der Waals surface area contributed by atoms with E-state index in [-0.39, 0.29) is 10.8 Å². The van der Waals surface area contributed by atoms with Gasteiger partial charge in [-0.1, -0.05) is 12.1 Å². The summed E-state index contributed by atoms with van der Waals surface area (Å²) in [7, 11) is -3.65. The Balaban J connectivity index is 1.68. The third-order valence-corrected chi connectivity index (χ3v) is 6.57. The lowest BCUT2D eigenvalue weighted by Gasteiger charge is -2.09. The van der Waals surface area contributed by atoms with E-state index < -0.39 is 21.9 Å². The average molecular weight is 431 g/mol. The molecule has 0 aliphatic heterocycles. The number of benzene rings is 2. The van der Waals surface area contributed by atoms with Crippen molar-refractivity contribution in [3.05, 3.63) is 77.2 Å². The lowest BCUT2D eigenvalue weighted by molar-refractivity contribution is 0.0526. The highest BCUT2D eigenvalue weighted by Gasteiger charge is 2.15. The van der Waals surface area contributed by atoms with Crippen LogP contribution in [0, 0.1) is 0 Å². The standard InChI is InChI=1S/C20H18N2O5S2/c1-2-27-20(24)15-5-3-6-17(13-15)21-19(23)14-8-10-16(11-9-14)22-29(25,26)18-7-4-12-28-18/h3-13,22H,2H2,1H3,(H,21,23). The number of hydrogen-bond donors (Lipinski definition) is 2. The number of ether oxygens (including phenoxy) is 1. The molecular weight excluding hydrogens is 412 g/mol. The number of thiophene rings is 1. The van der Waals surface area contributed by atoms with Crippen LogP contribution in [0.1, 0.15) is 27.6 Å². The van der Waals surface area contributed by atoms with Crippen molar-refractivity contribution in [2.75, 3.05) is 16.6 Å². The van der Waals surface area contributed by atoms with Crippen molar-refractivity contribution in [2.45, 2.75) is 11.1 Å². The summed E-state index contributed by atoms with van der Waals surface area (Å²) >= 11 is 1.12. The maximum Gasteiger partial charge on any atom is 0.338 e. The lowest BCUT2D eigenvalue weighted by Crippen LogP contribution is -2.14. The van der Waals surface area contributed by atoms with Crippen LogP contribution in [0.3, 0.4) is 0 Å². The average Bonchev–Trinajstić information content (AvgIpc) is 3.24. The van der Waals surface area contributed by atoms with Gasteiger partial charge in [0.1, 0.15) is 4.21 Å². The molecule has 1 aromatic heterocycles. The first-order valence-corrected chi connectivity index (χ1v) is 11.0. The number of carbonyl (C=O) groups is 2. The van der Waals surface area contributed by atoms with E-state index in [9.17, 15) is 18.0 Å². The number of hydrogen-bond acceptors (Lipinski definition) is 6. The van der Waals surface area contributed by atoms with Crippen molar-refractivity contribution in [3.63, 3.8) is 0 Å². The Bertz CT molecular complexity index is 1110. The molecule has 2 N–H and O–H groups in total. The Kier molecular flexibility index (Phi) is 6.30. The molecule has 2 aromatic carbocycles. The fraction of sp³-hybridized carbons (Fsp3) is 0.100. The van der Waals surface area contributed by atoms with Crippen LogP contribution in [0.2, 0.25) is 0 Å². The summed E-state index contributed by atoms with van der Waals surface area (Å²) in [5.74, 6) is -0.857. The number of nitrogens with one attached hydrogen (secondary N) is 2. The molecule has 0 saturated carbocycles. The van der Waals surface area contributed by atoms with Gasteiger partial charge in [0.2, 0.25) is 0 Å². The highest BCUT2D eigenvalue weighted by atomic mass is 32.2. The molecule has 0 fully saturated rings. The molecule has 0 aliphatic carbocycles. The van der Waals surface area contributed by atoms with E-state index in [1.807, 2.05) is 0 Å². The van der Waals surface area contributed by atoms with Gasteiger partial charge in [-0.2, -0.15) is 0 Å². The van der Waals surface area contributed by atoms with Crippen LogP contribution in [0.25, 0.3) is 0 Å². The molecule has 0 unspecified atom stereocenters. The van der Waals surface area contributed by atoms with Crippen LogP contribution in [-0.2, 0) is 14.8 Å². The van der Waals surface area contributed by atoms with Gasteiger partial charge in [0.15, 0.2) is 0 Å². The number of amides is 1. The largest absolute Gasteiger partial charge is 0.462 e. The molecule has 1 heterocycles. The minimum absolute atomic E-state index is 0.209. The lowest BCUT2D eigenvalue weighted by atomic mass is 10.1. The molecule has 7 nitrogen and oxygen atoms in total. The second kappa shape index (κ2) is 8.89. The molecule has 0 bridgehead atoms. The minimum Gasteiger partial charge on any atom is -0.462 e.